The summed E-state index contributed by atoms with van der Waals surface area (Å²) in [6, 6.07) is 8.80. The second-order valence-electron chi connectivity index (χ2n) is 4.54. The van der Waals surface area contributed by atoms with Crippen LogP contribution in [0.4, 0.5) is 0 Å². The molecule has 0 spiro atoms. The summed E-state index contributed by atoms with van der Waals surface area (Å²) in [6.45, 7) is 1.51. The van der Waals surface area contributed by atoms with E-state index in [1.807, 2.05) is 26.0 Å². The Morgan fingerprint density at radius 3 is 2.25 bits per heavy atom. The largest absolute Gasteiger partial charge is 0.406 e. The summed E-state index contributed by atoms with van der Waals surface area (Å²) < 4.78 is 16.7. The summed E-state index contributed by atoms with van der Waals surface area (Å²) >= 11 is 17.2. The van der Waals surface area contributed by atoms with Gasteiger partial charge < -0.3 is 4.52 Å². The van der Waals surface area contributed by atoms with Gasteiger partial charge in [0.25, 0.3) is 0 Å². The van der Waals surface area contributed by atoms with E-state index in [9.17, 15) is 0 Å². The average Bonchev–Trinajstić information content (AvgIpc) is 2.55. The van der Waals surface area contributed by atoms with Gasteiger partial charge in [-0.2, -0.15) is 4.98 Å². The molecule has 0 N–H and O–H groups in total. The molecule has 0 amide bonds. The van der Waals surface area contributed by atoms with Gasteiger partial charge in [-0.15, -0.1) is 11.6 Å². The van der Waals surface area contributed by atoms with Crippen molar-refractivity contribution in [3.05, 3.63) is 41.0 Å². The van der Waals surface area contributed by atoms with Gasteiger partial charge in [0, 0.05) is 28.5 Å². The topological polar surface area (TPSA) is 53.5 Å². The normalized spacial score (nSPS) is 11.5. The number of nitrogens with zero attached hydrogens (tertiary/aromatic N) is 2. The first-order valence-electron chi connectivity index (χ1n) is 7.28. The zero-order valence-corrected chi connectivity index (χ0v) is 16.5. The second kappa shape index (κ2) is 9.09. The lowest BCUT2D eigenvalue weighted by atomic mass is 10.2. The van der Waals surface area contributed by atoms with E-state index >= 15 is 0 Å². The summed E-state index contributed by atoms with van der Waals surface area (Å²) in [4.78, 5) is 8.80. The molecule has 5 nitrogen and oxygen atoms in total. The van der Waals surface area contributed by atoms with Crippen molar-refractivity contribution in [3.8, 4) is 17.3 Å². The summed E-state index contributed by atoms with van der Waals surface area (Å²) in [5.74, 6) is 0.955. The van der Waals surface area contributed by atoms with Crippen LogP contribution in [0.15, 0.2) is 30.3 Å². The van der Waals surface area contributed by atoms with Crippen molar-refractivity contribution < 1.29 is 13.6 Å². The molecule has 0 aliphatic heterocycles. The van der Waals surface area contributed by atoms with Gasteiger partial charge >= 0.3 is 6.72 Å². The van der Waals surface area contributed by atoms with Crippen molar-refractivity contribution in [2.45, 2.75) is 19.7 Å². The molecule has 9 heteroatoms. The number of alkyl halides is 1. The molecule has 0 radical (unpaired) electrons. The fourth-order valence-corrected chi connectivity index (χ4v) is 4.10. The van der Waals surface area contributed by atoms with Crippen molar-refractivity contribution >= 4 is 41.7 Å². The Morgan fingerprint density at radius 1 is 1.08 bits per heavy atom. The molecule has 24 heavy (non-hydrogen) atoms. The molecule has 0 saturated carbocycles. The number of hydrogen-bond acceptors (Lipinski definition) is 6. The van der Waals surface area contributed by atoms with E-state index in [2.05, 4.69) is 9.97 Å². The standard InChI is InChI=1S/C15H17Cl2N2O3PS/c1-3-20-23(24,21-4-2)22-14-9-13(10-16)18-15(19-14)11-5-7-12(17)8-6-11/h5-9H,3-4,10H2,1-2H3. The Labute approximate surface area is 156 Å². The lowest BCUT2D eigenvalue weighted by molar-refractivity contribution is 0.216. The maximum absolute atomic E-state index is 5.93. The van der Waals surface area contributed by atoms with Crippen LogP contribution in [0.1, 0.15) is 19.5 Å². The highest BCUT2D eigenvalue weighted by Gasteiger charge is 2.23. The molecule has 2 rings (SSSR count). The van der Waals surface area contributed by atoms with E-state index in [1.165, 1.54) is 0 Å². The highest BCUT2D eigenvalue weighted by Crippen LogP contribution is 2.49. The highest BCUT2D eigenvalue weighted by atomic mass is 35.5. The average molecular weight is 407 g/mol. The fraction of sp³-hybridized carbons (Fsp3) is 0.333. The third kappa shape index (κ3) is 5.38. The van der Waals surface area contributed by atoms with E-state index in [0.717, 1.165) is 5.56 Å². The third-order valence-corrected chi connectivity index (χ3v) is 5.72. The molecule has 0 aliphatic carbocycles. The minimum absolute atomic E-state index is 0.214. The van der Waals surface area contributed by atoms with Crippen LogP contribution in [0.5, 0.6) is 5.88 Å². The molecule has 0 saturated heterocycles. The lowest BCUT2D eigenvalue weighted by Gasteiger charge is -2.20. The zero-order valence-electron chi connectivity index (χ0n) is 13.2. The van der Waals surface area contributed by atoms with Crippen molar-refractivity contribution in [1.82, 2.24) is 9.97 Å². The first-order chi connectivity index (χ1) is 11.5. The van der Waals surface area contributed by atoms with Gasteiger partial charge in [0.05, 0.1) is 24.8 Å². The molecule has 0 atom stereocenters. The minimum atomic E-state index is -2.91. The van der Waals surface area contributed by atoms with Gasteiger partial charge in [-0.1, -0.05) is 11.6 Å². The SMILES string of the molecule is CCOP(=S)(OCC)Oc1cc(CCl)nc(-c2ccc(Cl)cc2)n1. The van der Waals surface area contributed by atoms with Gasteiger partial charge in [0.2, 0.25) is 5.88 Å². The number of benzene rings is 1. The van der Waals surface area contributed by atoms with Crippen LogP contribution < -0.4 is 4.52 Å². The molecule has 0 bridgehead atoms. The van der Waals surface area contributed by atoms with Crippen molar-refractivity contribution in [2.75, 3.05) is 13.2 Å². The summed E-state index contributed by atoms with van der Waals surface area (Å²) in [6.07, 6.45) is 0. The van der Waals surface area contributed by atoms with Gasteiger partial charge in [0.1, 0.15) is 0 Å². The second-order valence-corrected chi connectivity index (χ2v) is 8.17. The third-order valence-electron chi connectivity index (χ3n) is 2.77. The predicted octanol–water partition coefficient (Wildman–Crippen LogP) is 5.21. The van der Waals surface area contributed by atoms with Crippen LogP contribution in [-0.2, 0) is 26.7 Å². The maximum atomic E-state index is 5.93. The fourth-order valence-electron chi connectivity index (χ4n) is 1.84. The van der Waals surface area contributed by atoms with Crippen LogP contribution in [0.3, 0.4) is 0 Å². The Morgan fingerprint density at radius 2 is 1.71 bits per heavy atom. The number of rotatable bonds is 8. The lowest BCUT2D eigenvalue weighted by Crippen LogP contribution is -2.05. The summed E-state index contributed by atoms with van der Waals surface area (Å²) in [5, 5.41) is 0.631. The molecule has 130 valence electrons. The monoisotopic (exact) mass is 406 g/mol. The van der Waals surface area contributed by atoms with E-state index in [1.54, 1.807) is 18.2 Å². The Bertz CT molecular complexity index is 721. The van der Waals surface area contributed by atoms with E-state index in [-0.39, 0.29) is 11.8 Å². The van der Waals surface area contributed by atoms with E-state index in [4.69, 9.17) is 48.6 Å². The van der Waals surface area contributed by atoms with E-state index < -0.39 is 6.72 Å². The molecule has 2 aromatic rings. The van der Waals surface area contributed by atoms with Gasteiger partial charge in [-0.3, -0.25) is 9.05 Å². The summed E-state index contributed by atoms with van der Waals surface area (Å²) in [7, 11) is 0. The quantitative estimate of drug-likeness (QED) is 0.442. The van der Waals surface area contributed by atoms with Gasteiger partial charge in [0.15, 0.2) is 5.82 Å². The van der Waals surface area contributed by atoms with Crippen LogP contribution >= 0.6 is 29.9 Å². The first-order valence-corrected chi connectivity index (χ1v) is 10.7. The molecule has 0 unspecified atom stereocenters. The van der Waals surface area contributed by atoms with Gasteiger partial charge in [-0.05, 0) is 38.1 Å². The molecule has 1 aromatic carbocycles. The maximum Gasteiger partial charge on any atom is 0.381 e. The molecular formula is C15H17Cl2N2O3PS. The van der Waals surface area contributed by atoms with Gasteiger partial charge in [-0.25, -0.2) is 4.98 Å². The van der Waals surface area contributed by atoms with E-state index in [0.29, 0.717) is 29.8 Å². The minimum Gasteiger partial charge on any atom is -0.406 e. The van der Waals surface area contributed by atoms with Crippen LogP contribution in [-0.4, -0.2) is 23.2 Å². The van der Waals surface area contributed by atoms with Crippen molar-refractivity contribution in [1.29, 1.82) is 0 Å². The number of halogens is 2. The Balaban J connectivity index is 2.38. The molecule has 1 aromatic heterocycles. The van der Waals surface area contributed by atoms with Crippen LogP contribution in [0, 0.1) is 0 Å². The predicted molar refractivity (Wildman–Crippen MR) is 100 cm³/mol. The first kappa shape index (κ1) is 19.6. The van der Waals surface area contributed by atoms with Crippen LogP contribution in [0.25, 0.3) is 11.4 Å². The van der Waals surface area contributed by atoms with Crippen molar-refractivity contribution in [3.63, 3.8) is 0 Å². The highest BCUT2D eigenvalue weighted by molar-refractivity contribution is 8.07. The molecule has 0 aliphatic rings. The molecule has 0 fully saturated rings. The Kier molecular flexibility index (Phi) is 7.41. The summed E-state index contributed by atoms with van der Waals surface area (Å²) in [5.41, 5.74) is 1.40. The van der Waals surface area contributed by atoms with Crippen molar-refractivity contribution in [2.24, 2.45) is 0 Å². The molecule has 1 heterocycles. The number of aromatic nitrogens is 2. The number of hydrogen-bond donors (Lipinski definition) is 0. The molecular weight excluding hydrogens is 390 g/mol. The zero-order chi connectivity index (χ0) is 17.6. The Hall–Kier alpha value is -0.750. The van der Waals surface area contributed by atoms with Crippen LogP contribution in [0.2, 0.25) is 5.02 Å². The smallest absolute Gasteiger partial charge is 0.381 e.